The van der Waals surface area contributed by atoms with Gasteiger partial charge in [-0.15, -0.1) is 6.58 Å². The summed E-state index contributed by atoms with van der Waals surface area (Å²) in [5, 5.41) is 14.8. The zero-order valence-electron chi connectivity index (χ0n) is 25.9. The lowest BCUT2D eigenvalue weighted by Crippen LogP contribution is -2.63. The van der Waals surface area contributed by atoms with E-state index in [1.54, 1.807) is 6.08 Å². The first-order valence-electron chi connectivity index (χ1n) is 15.7. The number of likely N-dealkylation sites (tertiary alicyclic amines) is 1. The van der Waals surface area contributed by atoms with E-state index in [0.717, 1.165) is 57.0 Å². The molecule has 43 heavy (non-hydrogen) atoms. The van der Waals surface area contributed by atoms with E-state index in [1.807, 2.05) is 6.92 Å². The Morgan fingerprint density at radius 2 is 1.98 bits per heavy atom. The number of ether oxygens (including phenoxy) is 1. The number of amides is 1. The molecule has 2 heterocycles. The predicted octanol–water partition coefficient (Wildman–Crippen LogP) is 4.09. The number of rotatable bonds is 8. The normalized spacial score (nSPS) is 37.7. The Labute approximate surface area is 259 Å². The third kappa shape index (κ3) is 5.84. The van der Waals surface area contributed by atoms with Crippen LogP contribution in [0.5, 0.6) is 0 Å². The summed E-state index contributed by atoms with van der Waals surface area (Å²) in [5.41, 5.74) is 4.40. The van der Waals surface area contributed by atoms with Crippen LogP contribution in [-0.2, 0) is 19.1 Å². The zero-order chi connectivity index (χ0) is 31.2. The van der Waals surface area contributed by atoms with Crippen LogP contribution in [0.15, 0.2) is 23.9 Å². The number of aliphatic hydroxyl groups is 1. The second kappa shape index (κ2) is 12.1. The highest BCUT2D eigenvalue weighted by atomic mass is 32.2. The Balaban J connectivity index is 1.33. The van der Waals surface area contributed by atoms with Crippen LogP contribution < -0.4 is 11.1 Å². The third-order valence-corrected chi connectivity index (χ3v) is 12.3. The number of nitrogens with two attached hydrogens (primary N) is 1. The minimum absolute atomic E-state index is 0.0703. The molecule has 0 aromatic carbocycles. The number of aliphatic hydroxyl groups excluding tert-OH is 1. The van der Waals surface area contributed by atoms with E-state index in [1.165, 1.54) is 6.07 Å². The summed E-state index contributed by atoms with van der Waals surface area (Å²) in [6, 6.07) is 1.50. The first-order valence-corrected chi connectivity index (χ1v) is 16.6. The van der Waals surface area contributed by atoms with Crippen LogP contribution in [0, 0.1) is 34.0 Å². The van der Waals surface area contributed by atoms with Crippen molar-refractivity contribution in [3.63, 3.8) is 0 Å². The number of hydrogen-bond donors (Lipinski definition) is 3. The number of carbonyl (C=O) groups excluding carboxylic acids is 3. The van der Waals surface area contributed by atoms with E-state index in [4.69, 9.17) is 10.5 Å². The van der Waals surface area contributed by atoms with Crippen molar-refractivity contribution in [3.8, 4) is 0 Å². The Morgan fingerprint density at radius 3 is 2.67 bits per heavy atom. The quantitative estimate of drug-likeness (QED) is 0.169. The smallest absolute Gasteiger partial charge is 0.316 e. The van der Waals surface area contributed by atoms with Gasteiger partial charge in [0.05, 0.1) is 18.4 Å². The third-order valence-electron chi connectivity index (χ3n) is 11.5. The lowest BCUT2D eigenvalue weighted by atomic mass is 9.44. The van der Waals surface area contributed by atoms with Crippen LogP contribution in [0.3, 0.4) is 0 Å². The number of nitrogen functional groups attached to an aromatic ring is 1. The molecule has 8 atom stereocenters. The number of nitrogens with zero attached hydrogens (tertiary/aromatic N) is 3. The molecule has 0 unspecified atom stereocenters. The van der Waals surface area contributed by atoms with Crippen LogP contribution in [0.4, 0.5) is 11.6 Å². The highest BCUT2D eigenvalue weighted by Gasteiger charge is 2.68. The molecule has 1 aromatic rings. The molecule has 1 amide bonds. The lowest BCUT2D eigenvalue weighted by molar-refractivity contribution is -0.205. The van der Waals surface area contributed by atoms with Gasteiger partial charge < -0.3 is 20.9 Å². The summed E-state index contributed by atoms with van der Waals surface area (Å²) in [6.45, 7) is 14.5. The molecule has 4 fully saturated rings. The summed E-state index contributed by atoms with van der Waals surface area (Å²) >= 11 is 1.09. The number of ketones is 1. The topological polar surface area (TPSA) is 148 Å². The van der Waals surface area contributed by atoms with Gasteiger partial charge in [0.15, 0.2) is 5.16 Å². The molecule has 1 aromatic heterocycles. The van der Waals surface area contributed by atoms with E-state index in [2.05, 4.69) is 47.5 Å². The average molecular weight is 614 g/mol. The van der Waals surface area contributed by atoms with Crippen molar-refractivity contribution in [2.24, 2.45) is 34.0 Å². The second-order valence-corrected chi connectivity index (χ2v) is 14.8. The van der Waals surface area contributed by atoms with Gasteiger partial charge in [-0.3, -0.25) is 19.3 Å². The number of thioether (sulfide) groups is 1. The standard InChI is InChI=1S/C32H47N5O5S/c1-6-30(4)16-22(31(5)19(2)9-11-32(20(3)28(30)41)12-10-21(38)27(31)32)42-26(40)18-43-29-34-23(33)15-24(36-29)35-25(39)17-37-13-7-8-14-37/h6,15,19-20,22,27-28,41H,1,7-14,16-18H2,2-5H3,(H3,33,34,35,36,39)/t19-,20+,22-,27+,28+,30-,31+,32+/m1/s1. The van der Waals surface area contributed by atoms with Gasteiger partial charge >= 0.3 is 5.97 Å². The summed E-state index contributed by atoms with van der Waals surface area (Å²) in [4.78, 5) is 50.3. The molecule has 5 rings (SSSR count). The number of hydrogen-bond acceptors (Lipinski definition) is 10. The molecule has 4 N–H and O–H groups in total. The molecule has 2 bridgehead atoms. The van der Waals surface area contributed by atoms with E-state index >= 15 is 0 Å². The van der Waals surface area contributed by atoms with Crippen molar-refractivity contribution >= 4 is 41.1 Å². The van der Waals surface area contributed by atoms with Gasteiger partial charge in [-0.25, -0.2) is 9.97 Å². The fraction of sp³-hybridized carbons (Fsp3) is 0.719. The van der Waals surface area contributed by atoms with Gasteiger partial charge in [0, 0.05) is 29.2 Å². The van der Waals surface area contributed by atoms with Crippen LogP contribution in [0.2, 0.25) is 0 Å². The molecule has 10 nitrogen and oxygen atoms in total. The van der Waals surface area contributed by atoms with Crippen molar-refractivity contribution in [1.29, 1.82) is 0 Å². The lowest BCUT2D eigenvalue weighted by Gasteiger charge is -2.61. The Morgan fingerprint density at radius 1 is 1.26 bits per heavy atom. The van der Waals surface area contributed by atoms with E-state index < -0.39 is 29.0 Å². The molecule has 3 saturated carbocycles. The van der Waals surface area contributed by atoms with Gasteiger partial charge in [0.1, 0.15) is 23.5 Å². The first-order chi connectivity index (χ1) is 20.3. The van der Waals surface area contributed by atoms with E-state index in [9.17, 15) is 19.5 Å². The maximum Gasteiger partial charge on any atom is 0.316 e. The molecule has 1 aliphatic heterocycles. The highest BCUT2D eigenvalue weighted by Crippen LogP contribution is 2.68. The number of nitrogens with one attached hydrogen (secondary N) is 1. The molecular formula is C32H47N5O5S. The summed E-state index contributed by atoms with van der Waals surface area (Å²) in [7, 11) is 0. The average Bonchev–Trinajstić information content (AvgIpc) is 3.60. The minimum Gasteiger partial charge on any atom is -0.461 e. The molecule has 4 aliphatic rings. The largest absolute Gasteiger partial charge is 0.461 e. The fourth-order valence-electron chi connectivity index (χ4n) is 8.72. The monoisotopic (exact) mass is 613 g/mol. The van der Waals surface area contributed by atoms with E-state index in [-0.39, 0.29) is 57.4 Å². The van der Waals surface area contributed by atoms with Gasteiger partial charge in [-0.1, -0.05) is 45.5 Å². The fourth-order valence-corrected chi connectivity index (χ4v) is 9.36. The zero-order valence-corrected chi connectivity index (χ0v) is 26.8. The molecule has 0 spiro atoms. The molecule has 0 radical (unpaired) electrons. The van der Waals surface area contributed by atoms with Gasteiger partial charge in [0.2, 0.25) is 5.91 Å². The molecule has 1 saturated heterocycles. The van der Waals surface area contributed by atoms with Gasteiger partial charge in [-0.2, -0.15) is 0 Å². The van der Waals surface area contributed by atoms with Gasteiger partial charge in [0.25, 0.3) is 0 Å². The SMILES string of the molecule is C=C[C@]1(C)C[C@@H](OC(=O)CSc2nc(N)cc(NC(=O)CN3CCCC3)n2)[C@]2(C)[C@H](C)CC[C@]3(CCC(=O)[C@H]32)[C@@H](C)[C@@H]1O. The van der Waals surface area contributed by atoms with Crippen molar-refractivity contribution in [2.45, 2.75) is 90.0 Å². The van der Waals surface area contributed by atoms with E-state index in [0.29, 0.717) is 19.4 Å². The van der Waals surface area contributed by atoms with Crippen LogP contribution in [0.25, 0.3) is 0 Å². The van der Waals surface area contributed by atoms with Crippen molar-refractivity contribution < 1.29 is 24.2 Å². The number of carbonyl (C=O) groups is 3. The minimum atomic E-state index is -0.716. The number of esters is 1. The summed E-state index contributed by atoms with van der Waals surface area (Å²) in [6.07, 6.45) is 6.09. The molecule has 11 heteroatoms. The molecule has 3 aliphatic carbocycles. The Bertz CT molecular complexity index is 1270. The van der Waals surface area contributed by atoms with Crippen molar-refractivity contribution in [1.82, 2.24) is 14.9 Å². The van der Waals surface area contributed by atoms with Crippen LogP contribution >= 0.6 is 11.8 Å². The van der Waals surface area contributed by atoms with Crippen LogP contribution in [0.1, 0.15) is 72.6 Å². The first kappa shape index (κ1) is 31.9. The number of Topliss-reactive ketones (excluding diaryl/α,β-unsaturated/α-hetero) is 1. The van der Waals surface area contributed by atoms with Gasteiger partial charge in [-0.05, 0) is 68.9 Å². The number of anilines is 2. The van der Waals surface area contributed by atoms with Crippen LogP contribution in [-0.4, -0.2) is 75.2 Å². The molecule has 236 valence electrons. The predicted molar refractivity (Wildman–Crippen MR) is 166 cm³/mol. The maximum atomic E-state index is 13.6. The Hall–Kier alpha value is -2.50. The van der Waals surface area contributed by atoms with Crippen molar-refractivity contribution in [3.05, 3.63) is 18.7 Å². The summed E-state index contributed by atoms with van der Waals surface area (Å²) < 4.78 is 6.31. The number of aromatic nitrogens is 2. The maximum absolute atomic E-state index is 13.6. The Kier molecular flexibility index (Phi) is 9.00. The highest BCUT2D eigenvalue weighted by molar-refractivity contribution is 7.99. The molecular weight excluding hydrogens is 566 g/mol. The van der Waals surface area contributed by atoms with Crippen molar-refractivity contribution in [2.75, 3.05) is 36.4 Å². The second-order valence-electron chi connectivity index (χ2n) is 13.8. The summed E-state index contributed by atoms with van der Waals surface area (Å²) in [5.74, 6) is -0.215.